The van der Waals surface area contributed by atoms with E-state index in [1.165, 1.54) is 97.4 Å². The molecule has 24 atom stereocenters. The van der Waals surface area contributed by atoms with Crippen LogP contribution in [-0.2, 0) is 107 Å². The minimum absolute atomic E-state index is 0.0149. The number of aromatic nitrogens is 8. The summed E-state index contributed by atoms with van der Waals surface area (Å²) in [4.78, 5) is 107. The molecule has 13 N–H and O–H groups in total. The molecule has 0 aliphatic carbocycles. The van der Waals surface area contributed by atoms with E-state index >= 15 is 0 Å². The van der Waals surface area contributed by atoms with Gasteiger partial charge < -0.3 is 70.5 Å². The molecule has 684 valence electrons. The summed E-state index contributed by atoms with van der Waals surface area (Å²) in [5.74, 6) is -2.04. The summed E-state index contributed by atoms with van der Waals surface area (Å²) < 4.78 is 145. The number of esters is 4. The summed E-state index contributed by atoms with van der Waals surface area (Å²) >= 11 is 26.6. The SMILES string of the molecule is CC(C)OC(=O)[C@@H](C)NP(=O)(OC[C@H]1O[C@@H](n2ccc(N)nc2=O)[C@](C)(Cl)[C@@H]1O)Oc1ccccc1.CC(C)OC(=O)[C@@H](C)NP1(=O)OC[C@H]2O[C@@H](n3ccc(N)nc3=O)[C@](C)(Cl)[C@@H]2O1.CC(C)OC(=O)[C@@H](C)N[P@@]1(=O)OC[C@H]2O[C@@H](n3ccc(N)nc3=O)[C@](C)(Cl)[C@@H]2O1.CC(C)OC(=O)[C@@H](C)N[P@]1(=O)OC[C@H]2O[C@@H](n3ccc(N)nc3=O)[C@](C)(Cl)[C@@H]2O1. The zero-order valence-electron chi connectivity index (χ0n) is 69.4. The Bertz CT molecular complexity index is 4720. The molecule has 7 fully saturated rings. The third-order valence-electron chi connectivity index (χ3n) is 18.8. The molecular weight excluding hydrogens is 1790 g/mol. The van der Waals surface area contributed by atoms with E-state index in [-0.39, 0.29) is 73.3 Å². The molecule has 45 nitrogen and oxygen atoms in total. The molecule has 7 saturated heterocycles. The average molecular weight is 1900 g/mol. The molecule has 0 radical (unpaired) electrons. The number of ether oxygens (including phenoxy) is 8. The maximum atomic E-state index is 13.6. The summed E-state index contributed by atoms with van der Waals surface area (Å²) in [6.45, 7) is 24.9. The minimum atomic E-state index is -4.21. The highest BCUT2D eigenvalue weighted by molar-refractivity contribution is 7.52. The number of carbonyl (C=O) groups excluding carboxylic acids is 4. The normalized spacial score (nSPS) is 32.7. The first kappa shape index (κ1) is 99.8. The Hall–Kier alpha value is -6.94. The maximum Gasteiger partial charge on any atom is 0.459 e. The molecule has 0 saturated carbocycles. The number of alkyl halides is 4. The van der Waals surface area contributed by atoms with Crippen molar-refractivity contribution in [2.45, 2.75) is 253 Å². The van der Waals surface area contributed by atoms with E-state index in [9.17, 15) is 61.7 Å². The number of aliphatic hydroxyl groups is 1. The zero-order valence-corrected chi connectivity index (χ0v) is 76.0. The smallest absolute Gasteiger partial charge is 0.459 e. The highest BCUT2D eigenvalue weighted by atomic mass is 35.5. The second kappa shape index (κ2) is 40.2. The Morgan fingerprint density at radius 1 is 0.472 bits per heavy atom. The van der Waals surface area contributed by atoms with Gasteiger partial charge in [0.25, 0.3) is 0 Å². The number of nitrogens with one attached hydrogen (secondary N) is 4. The van der Waals surface area contributed by atoms with E-state index in [2.05, 4.69) is 40.3 Å². The predicted octanol–water partition coefficient (Wildman–Crippen LogP) is 5.74. The molecular formula is C70H102Cl4N16O29P4. The number of rotatable bonds is 25. The fourth-order valence-electron chi connectivity index (χ4n) is 12.9. The Kier molecular flexibility index (Phi) is 32.6. The van der Waals surface area contributed by atoms with Gasteiger partial charge in [-0.1, -0.05) is 18.2 Å². The molecule has 53 heteroatoms. The van der Waals surface area contributed by atoms with Gasteiger partial charge in [-0.2, -0.15) is 25.0 Å². The van der Waals surface area contributed by atoms with Crippen molar-refractivity contribution >= 4 is 125 Å². The number of hydrogen-bond donors (Lipinski definition) is 9. The number of hydrogen-bond acceptors (Lipinski definition) is 37. The summed E-state index contributed by atoms with van der Waals surface area (Å²) in [5.41, 5.74) is 19.4. The van der Waals surface area contributed by atoms with Gasteiger partial charge in [-0.25, -0.2) is 52.7 Å². The van der Waals surface area contributed by atoms with Crippen molar-refractivity contribution in [3.63, 3.8) is 0 Å². The molecule has 7 aliphatic rings. The van der Waals surface area contributed by atoms with Crippen LogP contribution in [0.25, 0.3) is 0 Å². The molecule has 7 aliphatic heterocycles. The molecule has 1 aromatic carbocycles. The second-order valence-corrected chi connectivity index (χ2v) is 40.9. The van der Waals surface area contributed by atoms with Crippen LogP contribution in [0.15, 0.2) is 98.6 Å². The number of nitrogen functional groups attached to an aromatic ring is 4. The third-order valence-corrected chi connectivity index (χ3v) is 27.1. The van der Waals surface area contributed by atoms with Crippen molar-refractivity contribution < 1.29 is 117 Å². The standard InChI is InChI=1S/C22H30ClN4O8P.3C16H24ClN4O7P/c1-13(2)33-19(29)14(3)26-36(31,35-15-8-6-5-7-9-15)32-12-16-18(28)22(4,23)20(34-16)27-11-10-17(24)25-21(27)30;3*1-8(2)26-13(22)9(3)20-29(24)25-7-10-12(28-29)16(4,17)14(27-10)21-6-5-11(18)19-15(21)23/h5-11,13-14,16,18,20,28H,12H2,1-4H3,(H,26,31)(H2,24,25,30);3*5-6,8-10,12,14H,7H2,1-4H3,(H,20,24)(H2,18,19,23)/t14-,16-,18-,20-,22-,36?;9-,10-,12-,14-,16-,29?;9-,10-,12-,14-,16-,29+;9-,10-,12-,14-,16-,29-/m1111/s1. The van der Waals surface area contributed by atoms with Crippen molar-refractivity contribution in [3.05, 3.63) is 121 Å². The van der Waals surface area contributed by atoms with Gasteiger partial charge in [-0.3, -0.25) is 69.1 Å². The van der Waals surface area contributed by atoms with Crippen LogP contribution >= 0.6 is 77.4 Å². The monoisotopic (exact) mass is 1890 g/mol. The van der Waals surface area contributed by atoms with Crippen LogP contribution in [0.2, 0.25) is 0 Å². The lowest BCUT2D eigenvalue weighted by atomic mass is 10.0. The fourth-order valence-corrected chi connectivity index (χ4v) is 21.3. The molecule has 5 aromatic rings. The van der Waals surface area contributed by atoms with Gasteiger partial charge in [0.15, 0.2) is 24.9 Å². The van der Waals surface area contributed by atoms with Crippen LogP contribution in [-0.4, -0.2) is 211 Å². The highest BCUT2D eigenvalue weighted by Gasteiger charge is 2.64. The summed E-state index contributed by atoms with van der Waals surface area (Å²) in [6, 6.07) is 10.0. The fraction of sp³-hybridized carbons (Fsp3) is 0.629. The lowest BCUT2D eigenvalue weighted by molar-refractivity contribution is -0.150. The first-order valence-corrected chi connectivity index (χ1v) is 45.9. The number of halogens is 4. The van der Waals surface area contributed by atoms with Crippen molar-refractivity contribution in [3.8, 4) is 5.75 Å². The van der Waals surface area contributed by atoms with Gasteiger partial charge in [-0.15, -0.1) is 46.4 Å². The van der Waals surface area contributed by atoms with Gasteiger partial charge in [0, 0.05) is 24.8 Å². The van der Waals surface area contributed by atoms with Gasteiger partial charge in [0.05, 0.1) is 50.8 Å². The summed E-state index contributed by atoms with van der Waals surface area (Å²) in [7, 11) is -15.9. The minimum Gasteiger partial charge on any atom is -0.462 e. The zero-order chi connectivity index (χ0) is 91.4. The van der Waals surface area contributed by atoms with Gasteiger partial charge in [0.2, 0.25) is 0 Å². The van der Waals surface area contributed by atoms with E-state index in [4.69, 9.17) is 143 Å². The van der Waals surface area contributed by atoms with E-state index in [0.717, 1.165) is 4.57 Å². The lowest BCUT2D eigenvalue weighted by Crippen LogP contribution is -2.47. The molecule has 2 unspecified atom stereocenters. The van der Waals surface area contributed by atoms with Crippen molar-refractivity contribution in [2.24, 2.45) is 0 Å². The third kappa shape index (κ3) is 24.5. The number of nitrogens with zero attached hydrogens (tertiary/aromatic N) is 8. The van der Waals surface area contributed by atoms with Crippen LogP contribution in [0, 0.1) is 0 Å². The molecule has 0 bridgehead atoms. The van der Waals surface area contributed by atoms with Crippen LogP contribution in [0.5, 0.6) is 5.75 Å². The molecule has 123 heavy (non-hydrogen) atoms. The van der Waals surface area contributed by atoms with Gasteiger partial charge in [0.1, 0.15) is 122 Å². The van der Waals surface area contributed by atoms with Crippen LogP contribution in [0.1, 0.15) is 136 Å². The first-order valence-electron chi connectivity index (χ1n) is 38.3. The van der Waals surface area contributed by atoms with Crippen LogP contribution in [0.3, 0.4) is 0 Å². The summed E-state index contributed by atoms with van der Waals surface area (Å²) in [6.07, 6.45) is -6.98. The Morgan fingerprint density at radius 3 is 1.02 bits per heavy atom. The predicted molar refractivity (Wildman–Crippen MR) is 442 cm³/mol. The van der Waals surface area contributed by atoms with E-state index < -0.39 is 202 Å². The van der Waals surface area contributed by atoms with Crippen LogP contribution in [0.4, 0.5) is 23.3 Å². The highest BCUT2D eigenvalue weighted by Crippen LogP contribution is 2.61. The molecule has 4 aromatic heterocycles. The molecule has 11 heterocycles. The number of anilines is 4. The van der Waals surface area contributed by atoms with E-state index in [0.29, 0.717) is 0 Å². The van der Waals surface area contributed by atoms with E-state index in [1.807, 2.05) is 0 Å². The Labute approximate surface area is 725 Å². The van der Waals surface area contributed by atoms with Crippen molar-refractivity contribution in [1.82, 2.24) is 58.6 Å². The molecule has 0 amide bonds. The lowest BCUT2D eigenvalue weighted by Gasteiger charge is -2.36. The average Bonchev–Trinajstić information content (AvgIpc) is 1.61. The second-order valence-electron chi connectivity index (χ2n) is 30.8. The molecule has 12 rings (SSSR count). The summed E-state index contributed by atoms with van der Waals surface area (Å²) in [5, 5.41) is 21.0. The number of nitrogens with two attached hydrogens (primary N) is 4. The largest absolute Gasteiger partial charge is 0.462 e. The number of fused-ring (bicyclic) bond motifs is 3. The van der Waals surface area contributed by atoms with Gasteiger partial charge in [-0.05, 0) is 147 Å². The van der Waals surface area contributed by atoms with E-state index in [1.54, 1.807) is 106 Å². The van der Waals surface area contributed by atoms with Crippen molar-refractivity contribution in [1.29, 1.82) is 0 Å². The Balaban J connectivity index is 0.000000187. The number of carbonyl (C=O) groups is 4. The van der Waals surface area contributed by atoms with Crippen molar-refractivity contribution in [2.75, 3.05) is 49.4 Å². The topological polar surface area (TPSA) is 596 Å². The quantitative estimate of drug-likeness (QED) is 0.0146. The number of benzene rings is 1. The first-order chi connectivity index (χ1) is 57.1. The van der Waals surface area contributed by atoms with Gasteiger partial charge >= 0.3 is 77.6 Å². The number of para-hydroxylation sites is 1. The molecule has 0 spiro atoms. The Morgan fingerprint density at radius 2 is 0.748 bits per heavy atom. The maximum absolute atomic E-state index is 13.6. The van der Waals surface area contributed by atoms with Crippen LogP contribution < -0.4 is 70.6 Å². The number of aliphatic hydroxyl groups excluding tert-OH is 1.